The Bertz CT molecular complexity index is 631. The van der Waals surface area contributed by atoms with Gasteiger partial charge in [-0.25, -0.2) is 0 Å². The molecule has 21 heavy (non-hydrogen) atoms. The molecule has 1 N–H and O–H groups in total. The Hall–Kier alpha value is -2.57. The second kappa shape index (κ2) is 6.25. The number of carbonyl (C=O) groups is 2. The zero-order valence-electron chi connectivity index (χ0n) is 12.1. The van der Waals surface area contributed by atoms with Gasteiger partial charge in [-0.3, -0.25) is 14.3 Å². The molecule has 7 heteroatoms. The Labute approximate surface area is 122 Å². The van der Waals surface area contributed by atoms with Crippen LogP contribution in [0.3, 0.4) is 0 Å². The smallest absolute Gasteiger partial charge is 0.323 e. The number of carboxylic acid groups (broad SMARTS) is 1. The van der Waals surface area contributed by atoms with Crippen LogP contribution in [0.25, 0.3) is 5.82 Å². The Kier molecular flexibility index (Phi) is 4.42. The van der Waals surface area contributed by atoms with E-state index in [0.717, 1.165) is 0 Å². The number of hydrogen-bond donors (Lipinski definition) is 1. The Morgan fingerprint density at radius 3 is 2.57 bits per heavy atom. The van der Waals surface area contributed by atoms with Gasteiger partial charge in [0.25, 0.3) is 5.91 Å². The number of aliphatic carboxylic acids is 1. The second-order valence-electron chi connectivity index (χ2n) is 4.72. The SMILES string of the molecule is CCCN(CC(=O)O)C(=O)c1cnn(C)c1-n1cccc1. The molecule has 0 bridgehead atoms. The molecule has 1 amide bonds. The fraction of sp³-hybridized carbons (Fsp3) is 0.357. The van der Waals surface area contributed by atoms with Crippen LogP contribution >= 0.6 is 0 Å². The average molecular weight is 290 g/mol. The molecule has 2 rings (SSSR count). The zero-order chi connectivity index (χ0) is 15.4. The quantitative estimate of drug-likeness (QED) is 0.865. The molecular formula is C14H18N4O3. The van der Waals surface area contributed by atoms with Crippen molar-refractivity contribution in [3.05, 3.63) is 36.3 Å². The van der Waals surface area contributed by atoms with Gasteiger partial charge in [0, 0.05) is 26.0 Å². The molecule has 0 saturated carbocycles. The highest BCUT2D eigenvalue weighted by Gasteiger charge is 2.23. The summed E-state index contributed by atoms with van der Waals surface area (Å²) < 4.78 is 3.38. The normalized spacial score (nSPS) is 10.6. The third kappa shape index (κ3) is 3.13. The highest BCUT2D eigenvalue weighted by molar-refractivity contribution is 5.98. The number of carboxylic acids is 1. The van der Waals surface area contributed by atoms with Gasteiger partial charge in [0.05, 0.1) is 6.20 Å². The van der Waals surface area contributed by atoms with Crippen LogP contribution in [0.5, 0.6) is 0 Å². The molecular weight excluding hydrogens is 272 g/mol. The van der Waals surface area contributed by atoms with Gasteiger partial charge >= 0.3 is 5.97 Å². The van der Waals surface area contributed by atoms with E-state index in [2.05, 4.69) is 5.10 Å². The minimum Gasteiger partial charge on any atom is -0.480 e. The van der Waals surface area contributed by atoms with Gasteiger partial charge in [-0.15, -0.1) is 0 Å². The van der Waals surface area contributed by atoms with Crippen molar-refractivity contribution in [1.82, 2.24) is 19.2 Å². The minimum absolute atomic E-state index is 0.313. The summed E-state index contributed by atoms with van der Waals surface area (Å²) in [5.74, 6) is -0.726. The van der Waals surface area contributed by atoms with Crippen molar-refractivity contribution >= 4 is 11.9 Å². The summed E-state index contributed by atoms with van der Waals surface area (Å²) in [5, 5.41) is 13.1. The lowest BCUT2D eigenvalue weighted by Gasteiger charge is -2.20. The fourth-order valence-electron chi connectivity index (χ4n) is 2.22. The lowest BCUT2D eigenvalue weighted by atomic mass is 10.2. The number of nitrogens with zero attached hydrogens (tertiary/aromatic N) is 4. The summed E-state index contributed by atoms with van der Waals surface area (Å²) in [6, 6.07) is 3.70. The largest absolute Gasteiger partial charge is 0.480 e. The molecule has 2 aromatic heterocycles. The van der Waals surface area contributed by atoms with Gasteiger partial charge in [0.15, 0.2) is 0 Å². The van der Waals surface area contributed by atoms with E-state index in [1.54, 1.807) is 16.3 Å². The molecule has 2 aromatic rings. The maximum absolute atomic E-state index is 12.6. The first-order valence-electron chi connectivity index (χ1n) is 6.71. The van der Waals surface area contributed by atoms with Crippen molar-refractivity contribution in [2.24, 2.45) is 7.05 Å². The summed E-state index contributed by atoms with van der Waals surface area (Å²) in [6.45, 7) is 1.98. The van der Waals surface area contributed by atoms with E-state index in [-0.39, 0.29) is 12.5 Å². The number of aromatic nitrogens is 3. The van der Waals surface area contributed by atoms with Gasteiger partial charge in [-0.2, -0.15) is 5.10 Å². The molecule has 7 nitrogen and oxygen atoms in total. The van der Waals surface area contributed by atoms with Crippen molar-refractivity contribution in [3.63, 3.8) is 0 Å². The topological polar surface area (TPSA) is 80.4 Å². The lowest BCUT2D eigenvalue weighted by molar-refractivity contribution is -0.137. The first kappa shape index (κ1) is 14.8. The van der Waals surface area contributed by atoms with E-state index in [9.17, 15) is 9.59 Å². The number of hydrogen-bond acceptors (Lipinski definition) is 3. The molecule has 0 aliphatic heterocycles. The van der Waals surface area contributed by atoms with Crippen LogP contribution in [-0.4, -0.2) is 49.3 Å². The van der Waals surface area contributed by atoms with Gasteiger partial charge in [0.1, 0.15) is 17.9 Å². The van der Waals surface area contributed by atoms with Gasteiger partial charge in [0.2, 0.25) is 0 Å². The van der Waals surface area contributed by atoms with E-state index < -0.39 is 5.97 Å². The van der Waals surface area contributed by atoms with Crippen LogP contribution in [0.15, 0.2) is 30.7 Å². The predicted molar refractivity (Wildman–Crippen MR) is 76.4 cm³/mol. The van der Waals surface area contributed by atoms with Crippen LogP contribution < -0.4 is 0 Å². The maximum Gasteiger partial charge on any atom is 0.323 e. The van der Waals surface area contributed by atoms with Crippen LogP contribution in [0.1, 0.15) is 23.7 Å². The molecule has 0 saturated heterocycles. The Balaban J connectivity index is 2.36. The summed E-state index contributed by atoms with van der Waals surface area (Å²) >= 11 is 0. The summed E-state index contributed by atoms with van der Waals surface area (Å²) in [4.78, 5) is 24.8. The van der Waals surface area contributed by atoms with Gasteiger partial charge in [-0.05, 0) is 18.6 Å². The molecule has 0 unspecified atom stereocenters. The molecule has 2 heterocycles. The highest BCUT2D eigenvalue weighted by Crippen LogP contribution is 2.16. The van der Waals surface area contributed by atoms with E-state index in [4.69, 9.17) is 5.11 Å². The second-order valence-corrected chi connectivity index (χ2v) is 4.72. The van der Waals surface area contributed by atoms with Crippen molar-refractivity contribution in [2.75, 3.05) is 13.1 Å². The Morgan fingerprint density at radius 2 is 2.00 bits per heavy atom. The van der Waals surface area contributed by atoms with E-state index in [1.807, 2.05) is 31.5 Å². The average Bonchev–Trinajstić information content (AvgIpc) is 3.05. The highest BCUT2D eigenvalue weighted by atomic mass is 16.4. The molecule has 0 aliphatic carbocycles. The van der Waals surface area contributed by atoms with Crippen LogP contribution in [0.4, 0.5) is 0 Å². The Morgan fingerprint density at radius 1 is 1.33 bits per heavy atom. The van der Waals surface area contributed by atoms with Crippen LogP contribution in [-0.2, 0) is 11.8 Å². The molecule has 0 aliphatic rings. The molecule has 0 atom stereocenters. The monoisotopic (exact) mass is 290 g/mol. The standard InChI is InChI=1S/C14H18N4O3/c1-3-6-18(10-12(19)20)14(21)11-9-15-16(2)13(11)17-7-4-5-8-17/h4-5,7-9H,3,6,10H2,1-2H3,(H,19,20). The predicted octanol–water partition coefficient (Wildman–Crippen LogP) is 1.15. The molecule has 0 spiro atoms. The molecule has 0 fully saturated rings. The summed E-state index contributed by atoms with van der Waals surface area (Å²) in [7, 11) is 1.74. The zero-order valence-corrected chi connectivity index (χ0v) is 12.1. The van der Waals surface area contributed by atoms with E-state index in [1.165, 1.54) is 11.1 Å². The first-order valence-corrected chi connectivity index (χ1v) is 6.71. The van der Waals surface area contributed by atoms with E-state index in [0.29, 0.717) is 24.3 Å². The van der Waals surface area contributed by atoms with Gasteiger partial charge in [-0.1, -0.05) is 6.92 Å². The maximum atomic E-state index is 12.6. The van der Waals surface area contributed by atoms with Crippen molar-refractivity contribution in [2.45, 2.75) is 13.3 Å². The third-order valence-corrected chi connectivity index (χ3v) is 3.09. The van der Waals surface area contributed by atoms with E-state index >= 15 is 0 Å². The van der Waals surface area contributed by atoms with Crippen molar-refractivity contribution < 1.29 is 14.7 Å². The fourth-order valence-corrected chi connectivity index (χ4v) is 2.22. The number of amides is 1. The van der Waals surface area contributed by atoms with Crippen molar-refractivity contribution in [3.8, 4) is 5.82 Å². The van der Waals surface area contributed by atoms with Crippen LogP contribution in [0.2, 0.25) is 0 Å². The lowest BCUT2D eigenvalue weighted by Crippen LogP contribution is -2.36. The number of carbonyl (C=O) groups excluding carboxylic acids is 1. The van der Waals surface area contributed by atoms with Crippen molar-refractivity contribution in [1.29, 1.82) is 0 Å². The first-order chi connectivity index (χ1) is 10.0. The van der Waals surface area contributed by atoms with Crippen LogP contribution in [0, 0.1) is 0 Å². The minimum atomic E-state index is -1.02. The molecule has 0 aromatic carbocycles. The van der Waals surface area contributed by atoms with Gasteiger partial charge < -0.3 is 14.6 Å². The summed E-state index contributed by atoms with van der Waals surface area (Å²) in [6.07, 6.45) is 5.80. The third-order valence-electron chi connectivity index (χ3n) is 3.09. The number of aryl methyl sites for hydroxylation is 1. The number of rotatable bonds is 6. The summed E-state index contributed by atoms with van der Waals surface area (Å²) in [5.41, 5.74) is 0.392. The molecule has 0 radical (unpaired) electrons. The molecule has 112 valence electrons.